The van der Waals surface area contributed by atoms with E-state index in [1.165, 1.54) is 50.7 Å². The first kappa shape index (κ1) is 19.8. The summed E-state index contributed by atoms with van der Waals surface area (Å²) in [5.41, 5.74) is 0. The third-order valence-corrected chi connectivity index (χ3v) is 14.5. The fraction of sp³-hybridized carbons (Fsp3) is 1.00. The lowest BCUT2D eigenvalue weighted by atomic mass is 10.4. The molecule has 116 valence electrons. The molecule has 0 saturated heterocycles. The van der Waals surface area contributed by atoms with Crippen molar-refractivity contribution >= 4 is 28.0 Å². The van der Waals surface area contributed by atoms with Crippen LogP contribution in [0.25, 0.3) is 0 Å². The lowest BCUT2D eigenvalue weighted by Gasteiger charge is -2.31. The second kappa shape index (κ2) is 13.8. The van der Waals surface area contributed by atoms with Crippen molar-refractivity contribution in [3.63, 3.8) is 0 Å². The van der Waals surface area contributed by atoms with Gasteiger partial charge in [-0.1, -0.05) is 71.9 Å². The molecular formula is C16H38SSi2. The fourth-order valence-electron chi connectivity index (χ4n) is 2.73. The highest BCUT2D eigenvalue weighted by Crippen LogP contribution is 2.38. The molecule has 0 aromatic rings. The van der Waals surface area contributed by atoms with Crippen LogP contribution in [0.5, 0.6) is 0 Å². The molecule has 0 aromatic carbocycles. The SMILES string of the molecule is CCCC[Si](CCCC)(CCCC)SCCC[SiH2]C. The van der Waals surface area contributed by atoms with Crippen molar-refractivity contribution in [3.8, 4) is 0 Å². The van der Waals surface area contributed by atoms with Gasteiger partial charge in [0.25, 0.3) is 0 Å². The molecule has 3 heteroatoms. The molecule has 0 amide bonds. The Kier molecular flexibility index (Phi) is 14.3. The van der Waals surface area contributed by atoms with Crippen molar-refractivity contribution in [2.75, 3.05) is 5.75 Å². The molecule has 0 unspecified atom stereocenters. The minimum absolute atomic E-state index is 0.304. The summed E-state index contributed by atoms with van der Waals surface area (Å²) in [5, 5.41) is 0. The Morgan fingerprint density at radius 2 is 1.26 bits per heavy atom. The van der Waals surface area contributed by atoms with Crippen LogP contribution in [0, 0.1) is 0 Å². The normalized spacial score (nSPS) is 12.6. The lowest BCUT2D eigenvalue weighted by Crippen LogP contribution is -2.30. The lowest BCUT2D eigenvalue weighted by molar-refractivity contribution is 0.807. The van der Waals surface area contributed by atoms with E-state index >= 15 is 0 Å². The Bertz CT molecular complexity index is 164. The molecule has 0 rings (SSSR count). The molecule has 0 aliphatic carbocycles. The second-order valence-corrected chi connectivity index (χ2v) is 15.8. The summed E-state index contributed by atoms with van der Waals surface area (Å²) in [4.78, 5) is 0. The van der Waals surface area contributed by atoms with Crippen LogP contribution in [-0.2, 0) is 0 Å². The molecule has 0 aliphatic rings. The maximum Gasteiger partial charge on any atom is 0.117 e. The summed E-state index contributed by atoms with van der Waals surface area (Å²) >= 11 is 2.49. The first-order valence-corrected chi connectivity index (χ1v) is 15.6. The maximum absolute atomic E-state index is 2.49. The first-order chi connectivity index (χ1) is 9.24. The van der Waals surface area contributed by atoms with Gasteiger partial charge in [0.15, 0.2) is 0 Å². The van der Waals surface area contributed by atoms with E-state index in [-0.39, 0.29) is 0 Å². The summed E-state index contributed by atoms with van der Waals surface area (Å²) in [7, 11) is -0.672. The van der Waals surface area contributed by atoms with E-state index in [2.05, 4.69) is 38.5 Å². The average Bonchev–Trinajstić information content (AvgIpc) is 2.44. The minimum atomic E-state index is -0.976. The highest BCUT2D eigenvalue weighted by atomic mass is 32.4. The van der Waals surface area contributed by atoms with Crippen LogP contribution in [0.15, 0.2) is 0 Å². The van der Waals surface area contributed by atoms with Crippen molar-refractivity contribution < 1.29 is 0 Å². The van der Waals surface area contributed by atoms with E-state index in [1.807, 2.05) is 0 Å². The van der Waals surface area contributed by atoms with Gasteiger partial charge in [0, 0.05) is 9.52 Å². The summed E-state index contributed by atoms with van der Waals surface area (Å²) in [6.07, 6.45) is 10.2. The molecule has 0 spiro atoms. The Morgan fingerprint density at radius 3 is 1.63 bits per heavy atom. The molecular weight excluding hydrogens is 280 g/mol. The summed E-state index contributed by atoms with van der Waals surface area (Å²) in [6.45, 7) is 9.56. The molecule has 0 atom stereocenters. The van der Waals surface area contributed by atoms with E-state index in [1.54, 1.807) is 24.2 Å². The fourth-order valence-corrected chi connectivity index (χ4v) is 13.1. The molecule has 0 aliphatic heterocycles. The topological polar surface area (TPSA) is 0 Å². The predicted octanol–water partition coefficient (Wildman–Crippen LogP) is 6.09. The number of rotatable bonds is 14. The molecule has 0 fully saturated rings. The van der Waals surface area contributed by atoms with E-state index in [0.717, 1.165) is 0 Å². The van der Waals surface area contributed by atoms with Gasteiger partial charge < -0.3 is 0 Å². The largest absolute Gasteiger partial charge is 0.185 e. The Hall–Kier alpha value is 0.784. The summed E-state index contributed by atoms with van der Waals surface area (Å²) in [5.74, 6) is 1.49. The van der Waals surface area contributed by atoms with Crippen LogP contribution in [0.4, 0.5) is 0 Å². The van der Waals surface area contributed by atoms with Gasteiger partial charge in [-0.3, -0.25) is 0 Å². The molecule has 0 saturated carbocycles. The van der Waals surface area contributed by atoms with Gasteiger partial charge in [0.1, 0.15) is 7.22 Å². The first-order valence-electron chi connectivity index (χ1n) is 8.88. The Labute approximate surface area is 130 Å². The highest BCUT2D eigenvalue weighted by molar-refractivity contribution is 8.28. The van der Waals surface area contributed by atoms with E-state index in [0.29, 0.717) is 9.52 Å². The third kappa shape index (κ3) is 10.2. The van der Waals surface area contributed by atoms with Crippen molar-refractivity contribution in [1.29, 1.82) is 0 Å². The quantitative estimate of drug-likeness (QED) is 0.276. The van der Waals surface area contributed by atoms with Crippen molar-refractivity contribution in [3.05, 3.63) is 0 Å². The van der Waals surface area contributed by atoms with Crippen LogP contribution in [-0.4, -0.2) is 22.5 Å². The van der Waals surface area contributed by atoms with E-state index < -0.39 is 7.22 Å². The molecule has 0 bridgehead atoms. The third-order valence-electron chi connectivity index (χ3n) is 4.11. The van der Waals surface area contributed by atoms with Gasteiger partial charge in [0.2, 0.25) is 0 Å². The van der Waals surface area contributed by atoms with E-state index in [4.69, 9.17) is 0 Å². The van der Waals surface area contributed by atoms with Crippen molar-refractivity contribution in [1.82, 2.24) is 0 Å². The molecule has 19 heavy (non-hydrogen) atoms. The maximum atomic E-state index is 2.49. The van der Waals surface area contributed by atoms with Gasteiger partial charge in [-0.05, 0) is 30.3 Å². The van der Waals surface area contributed by atoms with Crippen molar-refractivity contribution in [2.24, 2.45) is 0 Å². The minimum Gasteiger partial charge on any atom is -0.185 e. The zero-order valence-corrected chi connectivity index (χ0v) is 17.3. The van der Waals surface area contributed by atoms with Gasteiger partial charge in [-0.2, -0.15) is 11.2 Å². The smallest absolute Gasteiger partial charge is 0.117 e. The molecule has 0 aromatic heterocycles. The zero-order chi connectivity index (χ0) is 14.4. The van der Waals surface area contributed by atoms with Gasteiger partial charge in [0.05, 0.1) is 0 Å². The average molecular weight is 319 g/mol. The van der Waals surface area contributed by atoms with Crippen molar-refractivity contribution in [2.45, 2.75) is 96.4 Å². The zero-order valence-electron chi connectivity index (χ0n) is 14.1. The summed E-state index contributed by atoms with van der Waals surface area (Å²) in [6, 6.07) is 6.40. The Balaban J connectivity index is 4.38. The van der Waals surface area contributed by atoms with Crippen LogP contribution < -0.4 is 0 Å². The molecule has 0 nitrogen and oxygen atoms in total. The van der Waals surface area contributed by atoms with Crippen LogP contribution in [0.2, 0.25) is 30.7 Å². The van der Waals surface area contributed by atoms with Gasteiger partial charge >= 0.3 is 0 Å². The van der Waals surface area contributed by atoms with Gasteiger partial charge in [-0.25, -0.2) is 0 Å². The number of hydrogen-bond donors (Lipinski definition) is 0. The van der Waals surface area contributed by atoms with Crippen LogP contribution in [0.1, 0.15) is 65.7 Å². The number of unbranched alkanes of at least 4 members (excludes halogenated alkanes) is 3. The Morgan fingerprint density at radius 1 is 0.789 bits per heavy atom. The predicted molar refractivity (Wildman–Crippen MR) is 101 cm³/mol. The number of hydrogen-bond acceptors (Lipinski definition) is 1. The van der Waals surface area contributed by atoms with Crippen LogP contribution in [0.3, 0.4) is 0 Å². The second-order valence-electron chi connectivity index (χ2n) is 6.05. The van der Waals surface area contributed by atoms with E-state index in [9.17, 15) is 0 Å². The standard InChI is InChI=1S/C16H38SSi2/c1-5-8-14-19(15-9-6-2,16-10-7-3)17-12-11-13-18-4/h5-16,18H2,1-4H3. The van der Waals surface area contributed by atoms with Crippen LogP contribution >= 0.6 is 11.2 Å². The molecule has 0 N–H and O–H groups in total. The molecule has 0 radical (unpaired) electrons. The summed E-state index contributed by atoms with van der Waals surface area (Å²) < 4.78 is 0. The van der Waals surface area contributed by atoms with Gasteiger partial charge in [-0.15, -0.1) is 0 Å². The molecule has 0 heterocycles. The highest BCUT2D eigenvalue weighted by Gasteiger charge is 2.31. The monoisotopic (exact) mass is 318 g/mol.